The zero-order valence-electron chi connectivity index (χ0n) is 42.8. The van der Waals surface area contributed by atoms with E-state index < -0.39 is 5.54 Å². The number of hydrogen-bond donors (Lipinski definition) is 0. The molecular formula is C71H54N4. The van der Waals surface area contributed by atoms with Crippen molar-refractivity contribution in [1.29, 1.82) is 0 Å². The Bertz CT molecular complexity index is 4360. The fraction of sp³-hybridized carbons (Fsp3) is 0.0986. The highest BCUT2D eigenvalue weighted by atomic mass is 15.3. The second-order valence-corrected chi connectivity index (χ2v) is 21.2. The minimum absolute atomic E-state index is 0.0115. The van der Waals surface area contributed by atoms with E-state index in [1.165, 1.54) is 116 Å². The third-order valence-electron chi connectivity index (χ3n) is 17.1. The van der Waals surface area contributed by atoms with Crippen molar-refractivity contribution < 1.29 is 0 Å². The maximum Gasteiger partial charge on any atom is 0.0786 e. The third-order valence-corrected chi connectivity index (χ3v) is 17.1. The fourth-order valence-corrected chi connectivity index (χ4v) is 13.5. The van der Waals surface area contributed by atoms with Gasteiger partial charge in [-0.1, -0.05) is 158 Å². The number of para-hydroxylation sites is 3. The highest BCUT2D eigenvalue weighted by Crippen LogP contribution is 2.70. The van der Waals surface area contributed by atoms with Crippen molar-refractivity contribution in [2.45, 2.75) is 46.1 Å². The number of benzene rings is 10. The number of aryl methyl sites for hydroxylation is 4. The largest absolute Gasteiger partial charge is 0.329 e. The lowest BCUT2D eigenvalue weighted by atomic mass is 9.72. The molecule has 15 rings (SSSR count). The maximum absolute atomic E-state index is 2.77. The molecule has 4 heterocycles. The van der Waals surface area contributed by atoms with Crippen LogP contribution in [0.15, 0.2) is 231 Å². The summed E-state index contributed by atoms with van der Waals surface area (Å²) in [6, 6.07) is 79.1. The van der Waals surface area contributed by atoms with Crippen molar-refractivity contribution >= 4 is 89.2 Å². The quantitative estimate of drug-likeness (QED) is 0.151. The average molecular weight is 963 g/mol. The van der Waals surface area contributed by atoms with E-state index in [0.29, 0.717) is 0 Å². The molecule has 358 valence electrons. The summed E-state index contributed by atoms with van der Waals surface area (Å²) in [5.74, 6) is 0.0115. The van der Waals surface area contributed by atoms with E-state index in [9.17, 15) is 0 Å². The number of nitrogens with zero attached hydrogens (tertiary/aromatic N) is 4. The molecule has 0 radical (unpaired) electrons. The van der Waals surface area contributed by atoms with Gasteiger partial charge in [-0.25, -0.2) is 0 Å². The van der Waals surface area contributed by atoms with Gasteiger partial charge in [0.1, 0.15) is 0 Å². The number of allylic oxidation sites excluding steroid dienone is 2. The first-order valence-corrected chi connectivity index (χ1v) is 26.4. The molecule has 0 spiro atoms. The van der Waals surface area contributed by atoms with Gasteiger partial charge in [-0.2, -0.15) is 0 Å². The first-order valence-electron chi connectivity index (χ1n) is 26.4. The van der Waals surface area contributed by atoms with Gasteiger partial charge in [0.05, 0.1) is 44.8 Å². The molecule has 0 N–H and O–H groups in total. The van der Waals surface area contributed by atoms with E-state index in [-0.39, 0.29) is 5.92 Å². The van der Waals surface area contributed by atoms with Gasteiger partial charge >= 0.3 is 0 Å². The molecule has 12 aromatic rings. The minimum Gasteiger partial charge on any atom is -0.329 e. The average Bonchev–Trinajstić information content (AvgIpc) is 4.35. The first kappa shape index (κ1) is 43.5. The van der Waals surface area contributed by atoms with Crippen LogP contribution < -0.4 is 14.7 Å². The van der Waals surface area contributed by atoms with Crippen LogP contribution in [0.3, 0.4) is 0 Å². The van der Waals surface area contributed by atoms with E-state index in [1.54, 1.807) is 0 Å². The first-order chi connectivity index (χ1) is 36.8. The molecule has 0 saturated carbocycles. The Hall–Kier alpha value is -9.12. The standard InChI is InChI=1S/C71H54N4/c1-44-38-40-52(42-46(44)3)72(50-26-14-8-15-27-50)58-34-20-35-59-64(58)54-30-18-31-55-65-62(48-22-10-6-11-23-48)70-67(63(49-24-12-7-13-25-49)69(65)74(59)68(54)55)57-33-19-32-56-66-60(36-21-37-61(66)75(70)71(56,57)5)73(51-28-16-9-17-29-51)53-41-39-45(2)47(4)43-53/h6-43,57H,1-5H3. The molecule has 2 unspecified atom stereocenters. The number of anilines is 8. The lowest BCUT2D eigenvalue weighted by Gasteiger charge is -2.37. The molecule has 0 amide bonds. The third kappa shape index (κ3) is 5.99. The molecule has 0 bridgehead atoms. The Labute approximate surface area is 438 Å². The zero-order chi connectivity index (χ0) is 50.3. The van der Waals surface area contributed by atoms with Crippen LogP contribution in [0.2, 0.25) is 0 Å². The van der Waals surface area contributed by atoms with Crippen LogP contribution in [0, 0.1) is 27.7 Å². The van der Waals surface area contributed by atoms with E-state index in [1.807, 2.05) is 0 Å². The lowest BCUT2D eigenvalue weighted by Crippen LogP contribution is -2.40. The maximum atomic E-state index is 2.77. The molecule has 75 heavy (non-hydrogen) atoms. The van der Waals surface area contributed by atoms with Gasteiger partial charge in [-0.3, -0.25) is 0 Å². The van der Waals surface area contributed by atoms with Crippen LogP contribution in [0.1, 0.15) is 46.2 Å². The molecule has 0 saturated heterocycles. The van der Waals surface area contributed by atoms with Crippen molar-refractivity contribution in [3.05, 3.63) is 264 Å². The lowest BCUT2D eigenvalue weighted by molar-refractivity contribution is 0.576. The van der Waals surface area contributed by atoms with Gasteiger partial charge in [0.2, 0.25) is 0 Å². The second-order valence-electron chi connectivity index (χ2n) is 21.2. The van der Waals surface area contributed by atoms with Crippen LogP contribution in [0.25, 0.3) is 65.9 Å². The van der Waals surface area contributed by atoms with Crippen molar-refractivity contribution in [3.63, 3.8) is 0 Å². The van der Waals surface area contributed by atoms with Gasteiger partial charge in [0.15, 0.2) is 0 Å². The molecule has 2 aliphatic heterocycles. The van der Waals surface area contributed by atoms with Crippen LogP contribution in [-0.4, -0.2) is 9.94 Å². The fourth-order valence-electron chi connectivity index (χ4n) is 13.5. The molecule has 1 aliphatic carbocycles. The summed E-state index contributed by atoms with van der Waals surface area (Å²) < 4.78 is 2.65. The number of fused-ring (bicyclic) bond motifs is 12. The van der Waals surface area contributed by atoms with Gasteiger partial charge in [0, 0.05) is 66.9 Å². The Morgan fingerprint density at radius 1 is 0.440 bits per heavy atom. The molecule has 4 nitrogen and oxygen atoms in total. The Kier molecular flexibility index (Phi) is 9.38. The molecular weight excluding hydrogens is 909 g/mol. The normalized spacial score (nSPS) is 16.3. The van der Waals surface area contributed by atoms with Crippen LogP contribution >= 0.6 is 0 Å². The Morgan fingerprint density at radius 2 is 0.973 bits per heavy atom. The predicted molar refractivity (Wildman–Crippen MR) is 317 cm³/mol. The van der Waals surface area contributed by atoms with Crippen molar-refractivity contribution in [3.8, 4) is 22.3 Å². The van der Waals surface area contributed by atoms with E-state index in [2.05, 4.69) is 284 Å². The number of hydrogen-bond acceptors (Lipinski definition) is 3. The highest BCUT2D eigenvalue weighted by Gasteiger charge is 2.59. The topological polar surface area (TPSA) is 14.1 Å². The van der Waals surface area contributed by atoms with Gasteiger partial charge < -0.3 is 19.1 Å². The molecule has 2 atom stereocenters. The molecule has 0 fully saturated rings. The summed E-state index contributed by atoms with van der Waals surface area (Å²) in [4.78, 5) is 7.71. The van der Waals surface area contributed by atoms with Crippen molar-refractivity contribution in [2.24, 2.45) is 0 Å². The number of rotatable bonds is 8. The van der Waals surface area contributed by atoms with E-state index in [4.69, 9.17) is 0 Å². The summed E-state index contributed by atoms with van der Waals surface area (Å²) in [6.07, 6.45) is 7.27. The Balaban J connectivity index is 1.08. The van der Waals surface area contributed by atoms with Crippen LogP contribution in [0.5, 0.6) is 0 Å². The minimum atomic E-state index is -0.452. The summed E-state index contributed by atoms with van der Waals surface area (Å²) in [6.45, 7) is 11.4. The van der Waals surface area contributed by atoms with E-state index in [0.717, 1.165) is 28.4 Å². The van der Waals surface area contributed by atoms with Crippen LogP contribution in [0.4, 0.5) is 45.5 Å². The molecule has 4 heteroatoms. The van der Waals surface area contributed by atoms with Crippen LogP contribution in [-0.2, 0) is 0 Å². The molecule has 2 aromatic heterocycles. The van der Waals surface area contributed by atoms with Crippen molar-refractivity contribution in [1.82, 2.24) is 4.40 Å². The molecule has 3 aliphatic rings. The SMILES string of the molecule is Cc1ccc(N(c2ccccc2)c2cccc3c2C2=CC=CC4c5c(c(-c6ccccc6)c6c7cccc8c9c(N(c%10ccccc%10)c%10ccc(C)c(C)c%10)cccc9n(c6c5-c5ccccc5)c87)N3C24C)cc1C. The molecule has 10 aromatic carbocycles. The summed E-state index contributed by atoms with van der Waals surface area (Å²) in [7, 11) is 0. The summed E-state index contributed by atoms with van der Waals surface area (Å²) in [5.41, 5.74) is 26.8. The van der Waals surface area contributed by atoms with Gasteiger partial charge in [-0.05, 0) is 152 Å². The van der Waals surface area contributed by atoms with Gasteiger partial charge in [0.25, 0.3) is 0 Å². The zero-order valence-corrected chi connectivity index (χ0v) is 42.8. The number of aromatic nitrogens is 1. The van der Waals surface area contributed by atoms with Crippen molar-refractivity contribution in [2.75, 3.05) is 14.7 Å². The second kappa shape index (κ2) is 16.2. The van der Waals surface area contributed by atoms with Gasteiger partial charge in [-0.15, -0.1) is 0 Å². The Morgan fingerprint density at radius 3 is 1.59 bits per heavy atom. The smallest absolute Gasteiger partial charge is 0.0786 e. The predicted octanol–water partition coefficient (Wildman–Crippen LogP) is 19.3. The van der Waals surface area contributed by atoms with E-state index >= 15 is 0 Å². The summed E-state index contributed by atoms with van der Waals surface area (Å²) in [5, 5.41) is 5.02. The monoisotopic (exact) mass is 962 g/mol. The summed E-state index contributed by atoms with van der Waals surface area (Å²) >= 11 is 0. The highest BCUT2D eigenvalue weighted by molar-refractivity contribution is 6.32.